The van der Waals surface area contributed by atoms with Crippen molar-refractivity contribution in [1.29, 1.82) is 0 Å². The van der Waals surface area contributed by atoms with Crippen LogP contribution in [0, 0.1) is 12.3 Å². The molecule has 1 heterocycles. The zero-order chi connectivity index (χ0) is 16.1. The fraction of sp³-hybridized carbons (Fsp3) is 0.133. The number of nitrogens with zero attached hydrogens (tertiary/aromatic N) is 1. The van der Waals surface area contributed by atoms with Crippen LogP contribution in [-0.2, 0) is 9.59 Å². The molecule has 0 atom stereocenters. The zero-order valence-corrected chi connectivity index (χ0v) is 12.1. The summed E-state index contributed by atoms with van der Waals surface area (Å²) in [6, 6.07) is 6.49. The molecule has 2 rings (SSSR count). The molecule has 0 spiro atoms. The highest BCUT2D eigenvalue weighted by Gasteiger charge is 2.34. The summed E-state index contributed by atoms with van der Waals surface area (Å²) in [5.74, 6) is 1.19. The quantitative estimate of drug-likeness (QED) is 0.659. The zero-order valence-electron chi connectivity index (χ0n) is 11.3. The van der Waals surface area contributed by atoms with Crippen LogP contribution in [0.1, 0.15) is 5.56 Å². The predicted molar refractivity (Wildman–Crippen MR) is 81.1 cm³/mol. The summed E-state index contributed by atoms with van der Waals surface area (Å²) in [5.41, 5.74) is 0.689. The Labute approximate surface area is 130 Å². The molecule has 0 bridgehead atoms. The van der Waals surface area contributed by atoms with Crippen molar-refractivity contribution >= 4 is 35.0 Å². The van der Waals surface area contributed by atoms with Crippen molar-refractivity contribution in [3.05, 3.63) is 34.7 Å². The number of rotatable bonds is 5. The van der Waals surface area contributed by atoms with Crippen molar-refractivity contribution in [3.8, 4) is 18.1 Å². The number of carboxylic acids is 1. The van der Waals surface area contributed by atoms with Gasteiger partial charge in [-0.25, -0.2) is 4.79 Å². The minimum absolute atomic E-state index is 0.0516. The van der Waals surface area contributed by atoms with E-state index in [1.165, 1.54) is 0 Å². The fourth-order valence-electron chi connectivity index (χ4n) is 1.68. The summed E-state index contributed by atoms with van der Waals surface area (Å²) < 4.78 is 5.00. The minimum atomic E-state index is -1.06. The van der Waals surface area contributed by atoms with E-state index in [2.05, 4.69) is 5.92 Å². The van der Waals surface area contributed by atoms with Crippen LogP contribution in [0.3, 0.4) is 0 Å². The average Bonchev–Trinajstić information content (AvgIpc) is 2.74. The standard InChI is InChI=1S/C15H11NO5S/c1-2-7-16-14(19)12(22-15(16)20)8-10-3-5-11(6-4-10)21-9-13(17)18/h1,3-6,8H,7,9H2,(H,17,18). The summed E-state index contributed by atoms with van der Waals surface area (Å²) in [5, 5.41) is 8.12. The van der Waals surface area contributed by atoms with Crippen molar-refractivity contribution in [1.82, 2.24) is 4.90 Å². The lowest BCUT2D eigenvalue weighted by molar-refractivity contribution is -0.139. The molecule has 1 fully saturated rings. The molecular weight excluding hydrogens is 306 g/mol. The van der Waals surface area contributed by atoms with E-state index >= 15 is 0 Å². The number of hydrogen-bond donors (Lipinski definition) is 1. The Bertz CT molecular complexity index is 687. The van der Waals surface area contributed by atoms with Crippen LogP contribution in [0.4, 0.5) is 4.79 Å². The maximum Gasteiger partial charge on any atom is 0.341 e. The van der Waals surface area contributed by atoms with Crippen LogP contribution in [0.2, 0.25) is 0 Å². The Morgan fingerprint density at radius 3 is 2.64 bits per heavy atom. The molecular formula is C15H11NO5S. The number of benzene rings is 1. The Morgan fingerprint density at radius 1 is 1.36 bits per heavy atom. The average molecular weight is 317 g/mol. The molecule has 7 heteroatoms. The van der Waals surface area contributed by atoms with Crippen LogP contribution >= 0.6 is 11.8 Å². The van der Waals surface area contributed by atoms with E-state index in [0.717, 1.165) is 16.7 Å². The molecule has 0 radical (unpaired) electrons. The highest BCUT2D eigenvalue weighted by Crippen LogP contribution is 2.32. The van der Waals surface area contributed by atoms with Crippen LogP contribution in [-0.4, -0.2) is 40.3 Å². The third-order valence-electron chi connectivity index (χ3n) is 2.66. The third kappa shape index (κ3) is 3.68. The van der Waals surface area contributed by atoms with Gasteiger partial charge in [0.2, 0.25) is 0 Å². The fourth-order valence-corrected chi connectivity index (χ4v) is 2.52. The van der Waals surface area contributed by atoms with Crippen molar-refractivity contribution in [2.24, 2.45) is 0 Å². The molecule has 112 valence electrons. The molecule has 6 nitrogen and oxygen atoms in total. The Kier molecular flexibility index (Phi) is 4.86. The van der Waals surface area contributed by atoms with E-state index in [0.29, 0.717) is 16.2 Å². The van der Waals surface area contributed by atoms with Gasteiger partial charge in [0.1, 0.15) is 5.75 Å². The molecule has 0 unspecified atom stereocenters. The first-order valence-corrected chi connectivity index (χ1v) is 6.96. The lowest BCUT2D eigenvalue weighted by Gasteiger charge is -2.06. The van der Waals surface area contributed by atoms with Gasteiger partial charge in [0, 0.05) is 0 Å². The number of amides is 2. The number of carbonyl (C=O) groups is 3. The maximum atomic E-state index is 12.0. The predicted octanol–water partition coefficient (Wildman–Crippen LogP) is 1.82. The molecule has 2 amide bonds. The van der Waals surface area contributed by atoms with Crippen molar-refractivity contribution in [2.45, 2.75) is 0 Å². The second-order valence-corrected chi connectivity index (χ2v) is 5.22. The lowest BCUT2D eigenvalue weighted by atomic mass is 10.2. The summed E-state index contributed by atoms with van der Waals surface area (Å²) in [6.45, 7) is -0.478. The second kappa shape index (κ2) is 6.83. The molecule has 0 aromatic heterocycles. The van der Waals surface area contributed by atoms with Gasteiger partial charge in [-0.1, -0.05) is 18.1 Å². The van der Waals surface area contributed by atoms with Gasteiger partial charge in [-0.05, 0) is 35.5 Å². The first-order chi connectivity index (χ1) is 10.5. The van der Waals surface area contributed by atoms with Gasteiger partial charge < -0.3 is 9.84 Å². The maximum absolute atomic E-state index is 12.0. The highest BCUT2D eigenvalue weighted by molar-refractivity contribution is 8.18. The Morgan fingerprint density at radius 2 is 2.05 bits per heavy atom. The van der Waals surface area contributed by atoms with Gasteiger partial charge in [-0.2, -0.15) is 0 Å². The van der Waals surface area contributed by atoms with Crippen molar-refractivity contribution in [2.75, 3.05) is 13.2 Å². The number of terminal acetylenes is 1. The van der Waals surface area contributed by atoms with Crippen LogP contribution < -0.4 is 4.74 Å². The number of thioether (sulfide) groups is 1. The second-order valence-electron chi connectivity index (χ2n) is 4.22. The molecule has 22 heavy (non-hydrogen) atoms. The lowest BCUT2D eigenvalue weighted by Crippen LogP contribution is -2.28. The van der Waals surface area contributed by atoms with E-state index in [1.54, 1.807) is 30.3 Å². The largest absolute Gasteiger partial charge is 0.482 e. The van der Waals surface area contributed by atoms with Gasteiger partial charge in [0.15, 0.2) is 6.61 Å². The normalized spacial score (nSPS) is 16.0. The van der Waals surface area contributed by atoms with Crippen molar-refractivity contribution in [3.63, 3.8) is 0 Å². The Hall–Kier alpha value is -2.72. The molecule has 1 aromatic carbocycles. The summed E-state index contributed by atoms with van der Waals surface area (Å²) in [4.78, 5) is 35.3. The highest BCUT2D eigenvalue weighted by atomic mass is 32.2. The smallest absolute Gasteiger partial charge is 0.341 e. The van der Waals surface area contributed by atoms with Gasteiger partial charge >= 0.3 is 5.97 Å². The van der Waals surface area contributed by atoms with Gasteiger partial charge in [-0.3, -0.25) is 14.5 Å². The number of ether oxygens (including phenoxy) is 1. The van der Waals surface area contributed by atoms with Gasteiger partial charge in [0.05, 0.1) is 11.4 Å². The van der Waals surface area contributed by atoms with E-state index < -0.39 is 23.7 Å². The SMILES string of the molecule is C#CCN1C(=O)SC(=Cc2ccc(OCC(=O)O)cc2)C1=O. The summed E-state index contributed by atoms with van der Waals surface area (Å²) >= 11 is 0.829. The molecule has 1 aliphatic heterocycles. The van der Waals surface area contributed by atoms with Crippen LogP contribution in [0.5, 0.6) is 5.75 Å². The molecule has 1 N–H and O–H groups in total. The van der Waals surface area contributed by atoms with Crippen molar-refractivity contribution < 1.29 is 24.2 Å². The van der Waals surface area contributed by atoms with E-state index in [-0.39, 0.29) is 6.54 Å². The van der Waals surface area contributed by atoms with Crippen LogP contribution in [0.25, 0.3) is 6.08 Å². The molecule has 0 saturated carbocycles. The number of imide groups is 1. The van der Waals surface area contributed by atoms with E-state index in [4.69, 9.17) is 16.3 Å². The van der Waals surface area contributed by atoms with E-state index in [1.807, 2.05) is 0 Å². The summed E-state index contributed by atoms with van der Waals surface area (Å²) in [6.07, 6.45) is 6.69. The molecule has 0 aliphatic carbocycles. The minimum Gasteiger partial charge on any atom is -0.482 e. The molecule has 1 aromatic rings. The van der Waals surface area contributed by atoms with E-state index in [9.17, 15) is 14.4 Å². The monoisotopic (exact) mass is 317 g/mol. The van der Waals surface area contributed by atoms with Gasteiger partial charge in [-0.15, -0.1) is 6.42 Å². The Balaban J connectivity index is 2.10. The third-order valence-corrected chi connectivity index (χ3v) is 3.57. The number of aliphatic carboxylic acids is 1. The first-order valence-electron chi connectivity index (χ1n) is 6.14. The topological polar surface area (TPSA) is 83.9 Å². The molecule has 1 saturated heterocycles. The van der Waals surface area contributed by atoms with Crippen LogP contribution in [0.15, 0.2) is 29.2 Å². The number of carboxylic acid groups (broad SMARTS) is 1. The first kappa shape index (κ1) is 15.7. The van der Waals surface area contributed by atoms with Gasteiger partial charge in [0.25, 0.3) is 11.1 Å². The number of carbonyl (C=O) groups excluding carboxylic acids is 2. The number of hydrogen-bond acceptors (Lipinski definition) is 5. The molecule has 1 aliphatic rings. The summed E-state index contributed by atoms with van der Waals surface area (Å²) in [7, 11) is 0.